The Labute approximate surface area is 125 Å². The molecule has 112 valence electrons. The van der Waals surface area contributed by atoms with Crippen LogP contribution in [0.3, 0.4) is 0 Å². The summed E-state index contributed by atoms with van der Waals surface area (Å²) in [5.74, 6) is 0.642. The van der Waals surface area contributed by atoms with Gasteiger partial charge in [-0.2, -0.15) is 0 Å². The van der Waals surface area contributed by atoms with Gasteiger partial charge in [0.1, 0.15) is 0 Å². The molecule has 1 aromatic rings. The van der Waals surface area contributed by atoms with Crippen molar-refractivity contribution in [1.29, 1.82) is 0 Å². The molecule has 0 bridgehead atoms. The fourth-order valence-electron chi connectivity index (χ4n) is 1.87. The average molecular weight is 296 g/mol. The Hall–Kier alpha value is -1.20. The van der Waals surface area contributed by atoms with E-state index in [1.807, 2.05) is 12.1 Å². The molecule has 0 saturated heterocycles. The van der Waals surface area contributed by atoms with Crippen molar-refractivity contribution in [3.8, 4) is 0 Å². The van der Waals surface area contributed by atoms with Crippen LogP contribution in [0.4, 0.5) is 5.69 Å². The molecule has 4 nitrogen and oxygen atoms in total. The number of anilines is 1. The normalized spacial score (nSPS) is 10.8. The van der Waals surface area contributed by atoms with Crippen molar-refractivity contribution >= 4 is 23.4 Å². The molecular weight excluding hydrogens is 272 g/mol. The van der Waals surface area contributed by atoms with E-state index in [4.69, 9.17) is 10.5 Å². The Morgan fingerprint density at radius 1 is 1.30 bits per heavy atom. The van der Waals surface area contributed by atoms with Crippen LogP contribution >= 0.6 is 11.8 Å². The molecule has 5 heteroatoms. The summed E-state index contributed by atoms with van der Waals surface area (Å²) in [5.41, 5.74) is 6.91. The fourth-order valence-corrected chi connectivity index (χ4v) is 2.90. The van der Waals surface area contributed by atoms with E-state index in [0.717, 1.165) is 30.3 Å². The lowest BCUT2D eigenvalue weighted by Gasteiger charge is -2.17. The van der Waals surface area contributed by atoms with Crippen LogP contribution in [-0.2, 0) is 4.74 Å². The number of carbonyl (C=O) groups excluding carboxylic acids is 1. The minimum Gasteiger partial charge on any atom is -0.462 e. The SMILES string of the molecule is CCOC(=O)c1cc(N)ccc1SCCN(CC)CC. The summed E-state index contributed by atoms with van der Waals surface area (Å²) < 4.78 is 5.08. The van der Waals surface area contributed by atoms with Crippen LogP contribution in [0.15, 0.2) is 23.1 Å². The standard InChI is InChI=1S/C15H24N2O2S/c1-4-17(5-2)9-10-20-14-8-7-12(16)11-13(14)15(18)19-6-3/h7-8,11H,4-6,9-10,16H2,1-3H3. The number of rotatable bonds is 8. The zero-order valence-corrected chi connectivity index (χ0v) is 13.3. The molecule has 0 atom stereocenters. The van der Waals surface area contributed by atoms with E-state index in [0.29, 0.717) is 17.9 Å². The zero-order valence-electron chi connectivity index (χ0n) is 12.5. The molecule has 0 spiro atoms. The molecule has 0 amide bonds. The number of benzene rings is 1. The van der Waals surface area contributed by atoms with Crippen molar-refractivity contribution in [3.05, 3.63) is 23.8 Å². The predicted octanol–water partition coefficient (Wildman–Crippen LogP) is 2.88. The van der Waals surface area contributed by atoms with E-state index < -0.39 is 0 Å². The Morgan fingerprint density at radius 2 is 2.00 bits per heavy atom. The second-order valence-corrected chi connectivity index (χ2v) is 5.49. The molecule has 0 heterocycles. The minimum atomic E-state index is -0.301. The summed E-state index contributed by atoms with van der Waals surface area (Å²) in [4.78, 5) is 15.2. The van der Waals surface area contributed by atoms with Crippen LogP contribution in [0, 0.1) is 0 Å². The Bertz CT molecular complexity index is 434. The number of ether oxygens (including phenoxy) is 1. The van der Waals surface area contributed by atoms with Crippen LogP contribution in [0.1, 0.15) is 31.1 Å². The van der Waals surface area contributed by atoms with Gasteiger partial charge in [0.15, 0.2) is 0 Å². The van der Waals surface area contributed by atoms with Crippen LogP contribution in [0.5, 0.6) is 0 Å². The number of esters is 1. The molecule has 0 saturated carbocycles. The molecule has 0 unspecified atom stereocenters. The summed E-state index contributed by atoms with van der Waals surface area (Å²) in [6, 6.07) is 5.41. The van der Waals surface area contributed by atoms with Gasteiger partial charge in [0, 0.05) is 22.9 Å². The van der Waals surface area contributed by atoms with Gasteiger partial charge < -0.3 is 15.4 Å². The molecule has 0 aliphatic carbocycles. The van der Waals surface area contributed by atoms with Gasteiger partial charge in [-0.15, -0.1) is 11.8 Å². The zero-order chi connectivity index (χ0) is 15.0. The van der Waals surface area contributed by atoms with Crippen molar-refractivity contribution in [1.82, 2.24) is 4.90 Å². The lowest BCUT2D eigenvalue weighted by atomic mass is 10.2. The first-order chi connectivity index (χ1) is 9.62. The summed E-state index contributed by atoms with van der Waals surface area (Å²) in [6.45, 7) is 9.58. The summed E-state index contributed by atoms with van der Waals surface area (Å²) >= 11 is 1.67. The first-order valence-corrected chi connectivity index (χ1v) is 8.02. The van der Waals surface area contributed by atoms with Crippen LogP contribution in [0.2, 0.25) is 0 Å². The molecule has 20 heavy (non-hydrogen) atoms. The summed E-state index contributed by atoms with van der Waals surface area (Å²) in [7, 11) is 0. The van der Waals surface area contributed by atoms with Crippen molar-refractivity contribution in [2.45, 2.75) is 25.7 Å². The molecule has 0 aliphatic heterocycles. The second-order valence-electron chi connectivity index (χ2n) is 4.35. The van der Waals surface area contributed by atoms with E-state index in [9.17, 15) is 4.79 Å². The highest BCUT2D eigenvalue weighted by atomic mass is 32.2. The lowest BCUT2D eigenvalue weighted by Crippen LogP contribution is -2.25. The third-order valence-electron chi connectivity index (χ3n) is 3.06. The number of hydrogen-bond acceptors (Lipinski definition) is 5. The monoisotopic (exact) mass is 296 g/mol. The van der Waals surface area contributed by atoms with Crippen LogP contribution < -0.4 is 5.73 Å². The highest BCUT2D eigenvalue weighted by molar-refractivity contribution is 7.99. The smallest absolute Gasteiger partial charge is 0.339 e. The highest BCUT2D eigenvalue weighted by Gasteiger charge is 2.13. The van der Waals surface area contributed by atoms with Gasteiger partial charge in [-0.05, 0) is 38.2 Å². The number of nitrogens with two attached hydrogens (primary N) is 1. The number of hydrogen-bond donors (Lipinski definition) is 1. The molecule has 0 aromatic heterocycles. The Kier molecular flexibility index (Phi) is 7.47. The third-order valence-corrected chi connectivity index (χ3v) is 4.11. The predicted molar refractivity (Wildman–Crippen MR) is 85.3 cm³/mol. The maximum atomic E-state index is 11.9. The number of nitrogen functional groups attached to an aromatic ring is 1. The van der Waals surface area contributed by atoms with E-state index in [1.54, 1.807) is 24.8 Å². The highest BCUT2D eigenvalue weighted by Crippen LogP contribution is 2.25. The Balaban J connectivity index is 2.71. The van der Waals surface area contributed by atoms with E-state index >= 15 is 0 Å². The van der Waals surface area contributed by atoms with E-state index in [2.05, 4.69) is 18.7 Å². The van der Waals surface area contributed by atoms with Crippen molar-refractivity contribution in [3.63, 3.8) is 0 Å². The number of nitrogens with zero attached hydrogens (tertiary/aromatic N) is 1. The number of carbonyl (C=O) groups is 1. The molecule has 1 aromatic carbocycles. The maximum Gasteiger partial charge on any atom is 0.339 e. The van der Waals surface area contributed by atoms with Crippen molar-refractivity contribution < 1.29 is 9.53 Å². The van der Waals surface area contributed by atoms with Gasteiger partial charge in [0.05, 0.1) is 12.2 Å². The third kappa shape index (κ3) is 5.06. The molecule has 1 rings (SSSR count). The van der Waals surface area contributed by atoms with Gasteiger partial charge in [-0.1, -0.05) is 13.8 Å². The van der Waals surface area contributed by atoms with Crippen LogP contribution in [0.25, 0.3) is 0 Å². The fraction of sp³-hybridized carbons (Fsp3) is 0.533. The topological polar surface area (TPSA) is 55.6 Å². The van der Waals surface area contributed by atoms with Gasteiger partial charge in [-0.25, -0.2) is 4.79 Å². The minimum absolute atomic E-state index is 0.301. The van der Waals surface area contributed by atoms with Gasteiger partial charge in [0.25, 0.3) is 0 Å². The molecule has 0 radical (unpaired) electrons. The second kappa shape index (κ2) is 8.87. The summed E-state index contributed by atoms with van der Waals surface area (Å²) in [5, 5.41) is 0. The van der Waals surface area contributed by atoms with Gasteiger partial charge in [0.2, 0.25) is 0 Å². The molecule has 0 fully saturated rings. The molecular formula is C15H24N2O2S. The lowest BCUT2D eigenvalue weighted by molar-refractivity contribution is 0.0522. The van der Waals surface area contributed by atoms with Crippen LogP contribution in [-0.4, -0.2) is 42.9 Å². The van der Waals surface area contributed by atoms with Gasteiger partial charge in [-0.3, -0.25) is 0 Å². The van der Waals surface area contributed by atoms with Gasteiger partial charge >= 0.3 is 5.97 Å². The maximum absolute atomic E-state index is 11.9. The van der Waals surface area contributed by atoms with E-state index in [1.165, 1.54) is 0 Å². The first kappa shape index (κ1) is 16.9. The first-order valence-electron chi connectivity index (χ1n) is 7.04. The van der Waals surface area contributed by atoms with E-state index in [-0.39, 0.29) is 5.97 Å². The molecule has 2 N–H and O–H groups in total. The largest absolute Gasteiger partial charge is 0.462 e. The average Bonchev–Trinajstić information content (AvgIpc) is 2.45. The quantitative estimate of drug-likeness (QED) is 0.454. The number of thioether (sulfide) groups is 1. The molecule has 0 aliphatic rings. The van der Waals surface area contributed by atoms with Crippen molar-refractivity contribution in [2.75, 3.05) is 37.7 Å². The summed E-state index contributed by atoms with van der Waals surface area (Å²) in [6.07, 6.45) is 0. The Morgan fingerprint density at radius 3 is 2.60 bits per heavy atom. The van der Waals surface area contributed by atoms with Crippen molar-refractivity contribution in [2.24, 2.45) is 0 Å².